The number of hydrogen-bond acceptors (Lipinski definition) is 5. The molecule has 0 radical (unpaired) electrons. The Hall–Kier alpha value is -1.73. The van der Waals surface area contributed by atoms with Crippen LogP contribution in [0.2, 0.25) is 0 Å². The average Bonchev–Trinajstić information content (AvgIpc) is 2.48. The Morgan fingerprint density at radius 1 is 1.14 bits per heavy atom. The highest BCUT2D eigenvalue weighted by Crippen LogP contribution is 2.17. The molecule has 118 valence electrons. The third-order valence-corrected chi connectivity index (χ3v) is 5.41. The molecule has 22 heavy (non-hydrogen) atoms. The third-order valence-electron chi connectivity index (χ3n) is 2.96. The molecule has 1 atom stereocenters. The summed E-state index contributed by atoms with van der Waals surface area (Å²) in [4.78, 5) is 4.19. The van der Waals surface area contributed by atoms with Crippen LogP contribution in [0.15, 0.2) is 53.6 Å². The van der Waals surface area contributed by atoms with Gasteiger partial charge in [-0.25, -0.2) is 13.4 Å². The van der Waals surface area contributed by atoms with Crippen LogP contribution in [0.5, 0.6) is 0 Å². The largest absolute Gasteiger partial charge is 0.368 e. The van der Waals surface area contributed by atoms with E-state index in [4.69, 9.17) is 0 Å². The molecule has 5 nitrogen and oxygen atoms in total. The molecule has 2 rings (SSSR count). The lowest BCUT2D eigenvalue weighted by Gasteiger charge is -2.09. The van der Waals surface area contributed by atoms with Crippen molar-refractivity contribution < 1.29 is 12.6 Å². The standard InChI is InChI=1S/C15H18N2O3S2/c1-22(19,20)14-8-5-9-16-15(14)17-10-11-21(18)12-13-6-3-2-4-7-13/h2-9H,10-12H2,1H3,(H,16,17). The molecule has 0 aliphatic heterocycles. The molecule has 0 aliphatic carbocycles. The second-order valence-electron chi connectivity index (χ2n) is 4.82. The molecule has 0 fully saturated rings. The number of benzene rings is 1. The maximum atomic E-state index is 12.0. The van der Waals surface area contributed by atoms with Crippen molar-refractivity contribution in [2.24, 2.45) is 0 Å². The van der Waals surface area contributed by atoms with Gasteiger partial charge in [-0.2, -0.15) is 0 Å². The van der Waals surface area contributed by atoms with Gasteiger partial charge in [-0.15, -0.1) is 0 Å². The fourth-order valence-electron chi connectivity index (χ4n) is 1.94. The SMILES string of the molecule is CS(=O)(=O)c1cccnc1NCCS(=O)Cc1ccccc1. The predicted molar refractivity (Wildman–Crippen MR) is 89.0 cm³/mol. The molecule has 2 aromatic rings. The Kier molecular flexibility index (Phi) is 5.68. The first-order chi connectivity index (χ1) is 10.5. The molecular formula is C15H18N2O3S2. The van der Waals surface area contributed by atoms with Gasteiger partial charge in [0.2, 0.25) is 0 Å². The van der Waals surface area contributed by atoms with Crippen LogP contribution in [0.3, 0.4) is 0 Å². The minimum absolute atomic E-state index is 0.156. The molecule has 0 saturated carbocycles. The van der Waals surface area contributed by atoms with E-state index in [1.165, 1.54) is 12.3 Å². The molecule has 1 N–H and O–H groups in total. The molecule has 0 spiro atoms. The van der Waals surface area contributed by atoms with E-state index in [1.807, 2.05) is 30.3 Å². The molecule has 1 aromatic carbocycles. The molecule has 7 heteroatoms. The number of nitrogens with zero attached hydrogens (tertiary/aromatic N) is 1. The quantitative estimate of drug-likeness (QED) is 0.834. The van der Waals surface area contributed by atoms with Gasteiger partial charge in [0.1, 0.15) is 10.7 Å². The highest BCUT2D eigenvalue weighted by molar-refractivity contribution is 7.90. The van der Waals surface area contributed by atoms with E-state index < -0.39 is 20.6 Å². The predicted octanol–water partition coefficient (Wildman–Crippen LogP) is 1.85. The van der Waals surface area contributed by atoms with Crippen LogP contribution in [0.25, 0.3) is 0 Å². The van der Waals surface area contributed by atoms with E-state index in [0.717, 1.165) is 11.8 Å². The summed E-state index contributed by atoms with van der Waals surface area (Å²) >= 11 is 0. The van der Waals surface area contributed by atoms with Gasteiger partial charge in [0.15, 0.2) is 9.84 Å². The van der Waals surface area contributed by atoms with E-state index in [1.54, 1.807) is 6.07 Å². The average molecular weight is 338 g/mol. The normalized spacial score (nSPS) is 12.8. The fraction of sp³-hybridized carbons (Fsp3) is 0.267. The summed E-state index contributed by atoms with van der Waals surface area (Å²) in [6.07, 6.45) is 2.67. The molecule has 1 aromatic heterocycles. The summed E-state index contributed by atoms with van der Waals surface area (Å²) in [7, 11) is -4.35. The Balaban J connectivity index is 1.91. The summed E-state index contributed by atoms with van der Waals surface area (Å²) in [5, 5.41) is 2.95. The minimum atomic E-state index is -3.33. The number of pyridine rings is 1. The number of aromatic nitrogens is 1. The second-order valence-corrected chi connectivity index (χ2v) is 8.38. The fourth-order valence-corrected chi connectivity index (χ4v) is 3.78. The second kappa shape index (κ2) is 7.51. The van der Waals surface area contributed by atoms with Crippen LogP contribution in [0.1, 0.15) is 5.56 Å². The zero-order chi connectivity index (χ0) is 16.0. The van der Waals surface area contributed by atoms with Crippen LogP contribution in [0.4, 0.5) is 5.82 Å². The molecule has 0 aliphatic rings. The highest BCUT2D eigenvalue weighted by atomic mass is 32.2. The zero-order valence-corrected chi connectivity index (χ0v) is 13.9. The van der Waals surface area contributed by atoms with Crippen molar-refractivity contribution in [3.05, 3.63) is 54.2 Å². The van der Waals surface area contributed by atoms with Crippen LogP contribution in [0, 0.1) is 0 Å². The monoisotopic (exact) mass is 338 g/mol. The van der Waals surface area contributed by atoms with Gasteiger partial charge in [-0.3, -0.25) is 4.21 Å². The van der Waals surface area contributed by atoms with Crippen molar-refractivity contribution in [1.29, 1.82) is 0 Å². The van der Waals surface area contributed by atoms with Gasteiger partial charge >= 0.3 is 0 Å². The van der Waals surface area contributed by atoms with E-state index in [2.05, 4.69) is 10.3 Å². The number of hydrogen-bond donors (Lipinski definition) is 1. The van der Waals surface area contributed by atoms with Gasteiger partial charge in [0.25, 0.3) is 0 Å². The van der Waals surface area contributed by atoms with Gasteiger partial charge < -0.3 is 5.32 Å². The van der Waals surface area contributed by atoms with E-state index in [-0.39, 0.29) is 4.90 Å². The number of rotatable bonds is 7. The molecule has 1 heterocycles. The Bertz CT molecular complexity index is 746. The number of nitrogens with one attached hydrogen (secondary N) is 1. The summed E-state index contributed by atoms with van der Waals surface area (Å²) in [5.41, 5.74) is 1.02. The van der Waals surface area contributed by atoms with Crippen molar-refractivity contribution in [1.82, 2.24) is 4.98 Å². The maximum Gasteiger partial charge on any atom is 0.179 e. The third kappa shape index (κ3) is 4.92. The van der Waals surface area contributed by atoms with E-state index >= 15 is 0 Å². The minimum Gasteiger partial charge on any atom is -0.368 e. The van der Waals surface area contributed by atoms with Crippen LogP contribution >= 0.6 is 0 Å². The van der Waals surface area contributed by atoms with Crippen molar-refractivity contribution in [2.75, 3.05) is 23.9 Å². The first kappa shape index (κ1) is 16.6. The van der Waals surface area contributed by atoms with Crippen molar-refractivity contribution >= 4 is 26.5 Å². The molecule has 0 saturated heterocycles. The summed E-state index contributed by atoms with van der Waals surface area (Å²) in [6, 6.07) is 12.7. The maximum absolute atomic E-state index is 12.0. The van der Waals surface area contributed by atoms with Gasteiger partial charge in [0, 0.05) is 41.3 Å². The van der Waals surface area contributed by atoms with Crippen molar-refractivity contribution in [2.45, 2.75) is 10.6 Å². The lowest BCUT2D eigenvalue weighted by atomic mass is 10.2. The Morgan fingerprint density at radius 3 is 2.55 bits per heavy atom. The van der Waals surface area contributed by atoms with E-state index in [0.29, 0.717) is 23.9 Å². The Labute approximate surface area is 133 Å². The van der Waals surface area contributed by atoms with Crippen molar-refractivity contribution in [3.63, 3.8) is 0 Å². The lowest BCUT2D eigenvalue weighted by molar-refractivity contribution is 0.602. The molecule has 0 amide bonds. The van der Waals surface area contributed by atoms with E-state index in [9.17, 15) is 12.6 Å². The van der Waals surface area contributed by atoms with Gasteiger partial charge in [-0.1, -0.05) is 30.3 Å². The topological polar surface area (TPSA) is 76.1 Å². The first-order valence-corrected chi connectivity index (χ1v) is 10.1. The summed E-state index contributed by atoms with van der Waals surface area (Å²) in [6.45, 7) is 0.402. The van der Waals surface area contributed by atoms with Crippen molar-refractivity contribution in [3.8, 4) is 0 Å². The molecule has 0 bridgehead atoms. The van der Waals surface area contributed by atoms with Gasteiger partial charge in [0.05, 0.1) is 0 Å². The molecular weight excluding hydrogens is 320 g/mol. The number of sulfone groups is 1. The first-order valence-electron chi connectivity index (χ1n) is 6.74. The van der Waals surface area contributed by atoms with Gasteiger partial charge in [-0.05, 0) is 17.7 Å². The highest BCUT2D eigenvalue weighted by Gasteiger charge is 2.13. The van der Waals surface area contributed by atoms with Crippen LogP contribution in [-0.2, 0) is 26.4 Å². The zero-order valence-electron chi connectivity index (χ0n) is 12.2. The Morgan fingerprint density at radius 2 is 1.86 bits per heavy atom. The summed E-state index contributed by atoms with van der Waals surface area (Å²) in [5.74, 6) is 1.22. The summed E-state index contributed by atoms with van der Waals surface area (Å²) < 4.78 is 35.3. The van der Waals surface area contributed by atoms with Crippen LogP contribution < -0.4 is 5.32 Å². The smallest absolute Gasteiger partial charge is 0.179 e. The van der Waals surface area contributed by atoms with Crippen LogP contribution in [-0.4, -0.2) is 36.2 Å². The lowest BCUT2D eigenvalue weighted by Crippen LogP contribution is -2.15. The molecule has 1 unspecified atom stereocenters. The number of anilines is 1.